The molecule has 0 amide bonds. The van der Waals surface area contributed by atoms with E-state index in [0.29, 0.717) is 0 Å². The van der Waals surface area contributed by atoms with Gasteiger partial charge in [-0.25, -0.2) is 15.0 Å². The van der Waals surface area contributed by atoms with Crippen molar-refractivity contribution in [2.75, 3.05) is 11.5 Å². The van der Waals surface area contributed by atoms with Crippen LogP contribution < -0.4 is 5.73 Å². The smallest absolute Gasteiger partial charge is 0.387 e. The Balaban J connectivity index is 1.84. The average molecular weight is 351 g/mol. The number of anilines is 1. The highest BCUT2D eigenvalue weighted by Gasteiger charge is 2.45. The van der Waals surface area contributed by atoms with Crippen LogP contribution in [0, 0.1) is 0 Å². The molecule has 1 aliphatic rings. The molecule has 23 heavy (non-hydrogen) atoms. The van der Waals surface area contributed by atoms with Gasteiger partial charge >= 0.3 is 5.51 Å². The minimum atomic E-state index is -4.45. The summed E-state index contributed by atoms with van der Waals surface area (Å²) < 4.78 is 43.5. The number of fused-ring (bicyclic) bond motifs is 1. The minimum absolute atomic E-state index is 0.117. The van der Waals surface area contributed by atoms with Gasteiger partial charge in [0, 0.05) is 5.75 Å². The summed E-state index contributed by atoms with van der Waals surface area (Å²) in [6, 6.07) is 0. The number of imidazole rings is 1. The topological polar surface area (TPSA) is 119 Å². The van der Waals surface area contributed by atoms with Gasteiger partial charge in [0.15, 0.2) is 17.7 Å². The summed E-state index contributed by atoms with van der Waals surface area (Å²) in [6.45, 7) is 0. The van der Waals surface area contributed by atoms with Gasteiger partial charge in [0.2, 0.25) is 0 Å². The molecule has 1 aliphatic heterocycles. The Morgan fingerprint density at radius 1 is 1.26 bits per heavy atom. The number of ether oxygens (including phenoxy) is 1. The summed E-state index contributed by atoms with van der Waals surface area (Å²) in [5, 5.41) is 20.0. The SMILES string of the molecule is Nc1ncnc2c1ncn2C1OC(CSC(F)(F)F)C(O)C1O. The quantitative estimate of drug-likeness (QED) is 0.721. The molecule has 3 rings (SSSR count). The number of nitrogen functional groups attached to an aromatic ring is 1. The van der Waals surface area contributed by atoms with Gasteiger partial charge in [-0.1, -0.05) is 0 Å². The van der Waals surface area contributed by atoms with Crippen molar-refractivity contribution in [1.82, 2.24) is 19.5 Å². The summed E-state index contributed by atoms with van der Waals surface area (Å²) in [7, 11) is 0. The van der Waals surface area contributed by atoms with E-state index in [2.05, 4.69) is 15.0 Å². The van der Waals surface area contributed by atoms with Gasteiger partial charge in [0.25, 0.3) is 0 Å². The molecule has 126 valence electrons. The predicted molar refractivity (Wildman–Crippen MR) is 74.2 cm³/mol. The zero-order valence-electron chi connectivity index (χ0n) is 11.4. The van der Waals surface area contributed by atoms with E-state index in [0.717, 1.165) is 0 Å². The van der Waals surface area contributed by atoms with Crippen molar-refractivity contribution in [3.05, 3.63) is 12.7 Å². The van der Waals surface area contributed by atoms with Crippen molar-refractivity contribution in [3.63, 3.8) is 0 Å². The van der Waals surface area contributed by atoms with Crippen LogP contribution in [0.15, 0.2) is 12.7 Å². The van der Waals surface area contributed by atoms with Crippen molar-refractivity contribution >= 4 is 28.7 Å². The molecule has 2 aromatic rings. The fourth-order valence-electron chi connectivity index (χ4n) is 2.33. The zero-order chi connectivity index (χ0) is 16.8. The van der Waals surface area contributed by atoms with Crippen LogP contribution in [0.1, 0.15) is 6.23 Å². The maximum absolute atomic E-state index is 12.3. The van der Waals surface area contributed by atoms with Crippen LogP contribution in [0.4, 0.5) is 19.0 Å². The summed E-state index contributed by atoms with van der Waals surface area (Å²) in [5.41, 5.74) is 1.71. The molecule has 3 heterocycles. The van der Waals surface area contributed by atoms with Gasteiger partial charge in [-0.05, 0) is 11.8 Å². The lowest BCUT2D eigenvalue weighted by Gasteiger charge is -2.16. The second kappa shape index (κ2) is 5.78. The monoisotopic (exact) mass is 351 g/mol. The molecule has 0 aromatic carbocycles. The largest absolute Gasteiger partial charge is 0.441 e. The van der Waals surface area contributed by atoms with Gasteiger partial charge in [-0.3, -0.25) is 4.57 Å². The highest BCUT2D eigenvalue weighted by atomic mass is 32.2. The molecule has 4 unspecified atom stereocenters. The lowest BCUT2D eigenvalue weighted by molar-refractivity contribution is -0.0385. The maximum Gasteiger partial charge on any atom is 0.441 e. The number of nitrogens with zero attached hydrogens (tertiary/aromatic N) is 4. The van der Waals surface area contributed by atoms with Crippen molar-refractivity contribution in [2.45, 2.75) is 30.0 Å². The van der Waals surface area contributed by atoms with Crippen molar-refractivity contribution in [3.8, 4) is 0 Å². The molecule has 8 nitrogen and oxygen atoms in total. The molecule has 0 bridgehead atoms. The number of nitrogens with two attached hydrogens (primary N) is 1. The first kappa shape index (κ1) is 16.2. The van der Waals surface area contributed by atoms with Crippen molar-refractivity contribution in [1.29, 1.82) is 0 Å². The lowest BCUT2D eigenvalue weighted by atomic mass is 10.1. The number of alkyl halides is 3. The fraction of sp³-hybridized carbons (Fsp3) is 0.545. The van der Waals surface area contributed by atoms with Gasteiger partial charge in [0.1, 0.15) is 24.1 Å². The Bertz CT molecular complexity index is 712. The van der Waals surface area contributed by atoms with E-state index >= 15 is 0 Å². The summed E-state index contributed by atoms with van der Waals surface area (Å²) in [6.07, 6.45) is -2.74. The lowest BCUT2D eigenvalue weighted by Crippen LogP contribution is -2.33. The van der Waals surface area contributed by atoms with Crippen LogP contribution in [-0.2, 0) is 4.74 Å². The Labute approximate surface area is 131 Å². The average Bonchev–Trinajstić information content (AvgIpc) is 3.01. The highest BCUT2D eigenvalue weighted by molar-refractivity contribution is 8.00. The summed E-state index contributed by atoms with van der Waals surface area (Å²) in [4.78, 5) is 11.7. The molecule has 2 aromatic heterocycles. The number of aliphatic hydroxyl groups is 2. The third-order valence-electron chi connectivity index (χ3n) is 3.41. The molecule has 0 aliphatic carbocycles. The van der Waals surface area contributed by atoms with E-state index < -0.39 is 35.8 Å². The molecular formula is C11H12F3N5O3S. The maximum atomic E-state index is 12.3. The van der Waals surface area contributed by atoms with Crippen LogP contribution >= 0.6 is 11.8 Å². The van der Waals surface area contributed by atoms with Crippen LogP contribution in [-0.4, -0.2) is 59.3 Å². The van der Waals surface area contributed by atoms with Crippen LogP contribution in [0.2, 0.25) is 0 Å². The van der Waals surface area contributed by atoms with E-state index in [1.165, 1.54) is 17.2 Å². The molecule has 0 spiro atoms. The Morgan fingerprint density at radius 2 is 2.00 bits per heavy atom. The first-order valence-corrected chi connectivity index (χ1v) is 7.42. The number of rotatable bonds is 3. The molecule has 0 saturated carbocycles. The van der Waals surface area contributed by atoms with Crippen LogP contribution in [0.3, 0.4) is 0 Å². The van der Waals surface area contributed by atoms with Crippen LogP contribution in [0.5, 0.6) is 0 Å². The number of aromatic nitrogens is 4. The molecule has 1 fully saturated rings. The van der Waals surface area contributed by atoms with E-state index in [9.17, 15) is 23.4 Å². The summed E-state index contributed by atoms with van der Waals surface area (Å²) in [5.74, 6) is -0.423. The number of thioether (sulfide) groups is 1. The Hall–Kier alpha value is -1.63. The predicted octanol–water partition coefficient (Wildman–Crippen LogP) is 0.281. The number of aliphatic hydroxyl groups excluding tert-OH is 2. The molecule has 0 radical (unpaired) electrons. The number of halogens is 3. The van der Waals surface area contributed by atoms with Gasteiger partial charge in [0.05, 0.1) is 12.4 Å². The normalized spacial score (nSPS) is 28.6. The Kier molecular flexibility index (Phi) is 4.08. The number of hydrogen-bond donors (Lipinski definition) is 3. The Morgan fingerprint density at radius 3 is 2.70 bits per heavy atom. The van der Waals surface area contributed by atoms with Crippen LogP contribution in [0.25, 0.3) is 11.2 Å². The van der Waals surface area contributed by atoms with E-state index in [4.69, 9.17) is 10.5 Å². The third-order valence-corrected chi connectivity index (χ3v) is 4.23. The van der Waals surface area contributed by atoms with Gasteiger partial charge in [-0.2, -0.15) is 13.2 Å². The standard InChI is InChI=1S/C11H12F3N5O3S/c12-11(13,14)23-1-4-6(20)7(21)10(22-4)19-3-18-5-8(15)16-2-17-9(5)19/h2-4,6-7,10,20-21H,1H2,(H2,15,16,17). The first-order chi connectivity index (χ1) is 10.8. The molecule has 4 N–H and O–H groups in total. The molecule has 12 heteroatoms. The summed E-state index contributed by atoms with van der Waals surface area (Å²) >= 11 is -0.325. The van der Waals surface area contributed by atoms with Crippen molar-refractivity contribution in [2.24, 2.45) is 0 Å². The first-order valence-electron chi connectivity index (χ1n) is 6.43. The second-order valence-corrected chi connectivity index (χ2v) is 5.97. The second-order valence-electron chi connectivity index (χ2n) is 4.89. The highest BCUT2D eigenvalue weighted by Crippen LogP contribution is 2.37. The van der Waals surface area contributed by atoms with E-state index in [1.807, 2.05) is 0 Å². The molecular weight excluding hydrogens is 339 g/mol. The fourth-order valence-corrected chi connectivity index (χ4v) is 2.96. The third kappa shape index (κ3) is 3.06. The zero-order valence-corrected chi connectivity index (χ0v) is 12.2. The minimum Gasteiger partial charge on any atom is -0.387 e. The molecule has 4 atom stereocenters. The van der Waals surface area contributed by atoms with E-state index in [1.54, 1.807) is 0 Å². The van der Waals surface area contributed by atoms with E-state index in [-0.39, 0.29) is 28.7 Å². The number of hydrogen-bond acceptors (Lipinski definition) is 8. The van der Waals surface area contributed by atoms with Gasteiger partial charge in [-0.15, -0.1) is 0 Å². The van der Waals surface area contributed by atoms with Crippen molar-refractivity contribution < 1.29 is 28.1 Å². The molecule has 1 saturated heterocycles. The van der Waals surface area contributed by atoms with Gasteiger partial charge < -0.3 is 20.7 Å².